The molecular weight excluding hydrogens is 312 g/mol. The Labute approximate surface area is 148 Å². The zero-order chi connectivity index (χ0) is 17.6. The smallest absolute Gasteiger partial charge is 0.407 e. The summed E-state index contributed by atoms with van der Waals surface area (Å²) in [5.74, 6) is 0. The number of benzene rings is 2. The predicted octanol–water partition coefficient (Wildman–Crippen LogP) is 4.01. The molecule has 2 N–H and O–H groups in total. The summed E-state index contributed by atoms with van der Waals surface area (Å²) >= 11 is 0. The molecule has 0 aromatic heterocycles. The lowest BCUT2D eigenvalue weighted by molar-refractivity contribution is 0.0522. The topological polar surface area (TPSA) is 50.4 Å². The third-order valence-electron chi connectivity index (χ3n) is 4.71. The number of hydrogen-bond donors (Lipinski definition) is 2. The summed E-state index contributed by atoms with van der Waals surface area (Å²) in [7, 11) is 0. The Balaban J connectivity index is 1.45. The fourth-order valence-electron chi connectivity index (χ4n) is 3.55. The first kappa shape index (κ1) is 16.2. The fourth-order valence-corrected chi connectivity index (χ4v) is 3.55. The highest BCUT2D eigenvalue weighted by atomic mass is 16.6. The van der Waals surface area contributed by atoms with E-state index in [-0.39, 0.29) is 24.2 Å². The molecule has 0 radical (unpaired) electrons. The first-order valence-corrected chi connectivity index (χ1v) is 8.86. The Morgan fingerprint density at radius 1 is 0.960 bits per heavy atom. The van der Waals surface area contributed by atoms with Gasteiger partial charge < -0.3 is 15.4 Å². The van der Waals surface area contributed by atoms with Gasteiger partial charge in [0.25, 0.3) is 0 Å². The minimum absolute atomic E-state index is 0.134. The number of fused-ring (bicyclic) bond motifs is 3. The van der Waals surface area contributed by atoms with E-state index < -0.39 is 5.60 Å². The molecule has 1 fully saturated rings. The Bertz CT molecular complexity index is 764. The van der Waals surface area contributed by atoms with Crippen LogP contribution in [0.5, 0.6) is 0 Å². The maximum Gasteiger partial charge on any atom is 0.407 e. The molecule has 130 valence electrons. The van der Waals surface area contributed by atoms with Crippen LogP contribution in [0.25, 0.3) is 11.1 Å². The number of hydrogen-bond acceptors (Lipinski definition) is 3. The number of amides is 1. The summed E-state index contributed by atoms with van der Waals surface area (Å²) in [6, 6.07) is 17.7. The monoisotopic (exact) mass is 336 g/mol. The molecule has 25 heavy (non-hydrogen) atoms. The molecule has 4 nitrogen and oxygen atoms in total. The van der Waals surface area contributed by atoms with Crippen LogP contribution in [0.2, 0.25) is 0 Å². The Morgan fingerprint density at radius 3 is 2.08 bits per heavy atom. The Hall–Kier alpha value is -2.33. The Kier molecular flexibility index (Phi) is 3.80. The van der Waals surface area contributed by atoms with Crippen LogP contribution in [0.4, 0.5) is 4.79 Å². The van der Waals surface area contributed by atoms with Crippen LogP contribution in [0.3, 0.4) is 0 Å². The molecule has 0 saturated heterocycles. The average Bonchev–Trinajstić information content (AvgIpc) is 3.19. The van der Waals surface area contributed by atoms with Crippen molar-refractivity contribution in [3.05, 3.63) is 59.7 Å². The van der Waals surface area contributed by atoms with Crippen molar-refractivity contribution in [2.45, 2.75) is 50.9 Å². The highest BCUT2D eigenvalue weighted by molar-refractivity contribution is 5.78. The largest absolute Gasteiger partial charge is 0.444 e. The molecule has 2 unspecified atom stereocenters. The van der Waals surface area contributed by atoms with Crippen molar-refractivity contribution in [3.8, 4) is 11.1 Å². The van der Waals surface area contributed by atoms with Crippen molar-refractivity contribution in [1.29, 1.82) is 0 Å². The van der Waals surface area contributed by atoms with Crippen molar-refractivity contribution in [3.63, 3.8) is 0 Å². The van der Waals surface area contributed by atoms with Crippen molar-refractivity contribution in [1.82, 2.24) is 10.6 Å². The summed E-state index contributed by atoms with van der Waals surface area (Å²) < 4.78 is 5.34. The summed E-state index contributed by atoms with van der Waals surface area (Å²) in [6.45, 7) is 5.63. The molecule has 0 heterocycles. The number of carbonyl (C=O) groups is 1. The lowest BCUT2D eigenvalue weighted by Crippen LogP contribution is -2.37. The highest BCUT2D eigenvalue weighted by Crippen LogP contribution is 2.44. The van der Waals surface area contributed by atoms with Gasteiger partial charge in [-0.15, -0.1) is 0 Å². The maximum atomic E-state index is 11.9. The molecular formula is C21H24N2O2. The molecule has 2 aromatic rings. The summed E-state index contributed by atoms with van der Waals surface area (Å²) in [6.07, 6.45) is 0.592. The van der Waals surface area contributed by atoms with Gasteiger partial charge in [0.1, 0.15) is 5.60 Å². The quantitative estimate of drug-likeness (QED) is 0.890. The lowest BCUT2D eigenvalue weighted by Gasteiger charge is -2.20. The standard InChI is InChI=1S/C21H24N2O2/c1-21(2,3)25-20(24)23-18-12-17(18)22-19-15-10-6-4-8-13(15)14-9-5-7-11-16(14)19/h4-11,17-19,22H,12H2,1-3H3,(H,23,24). The SMILES string of the molecule is CC(C)(C)OC(=O)NC1CC1NC1c2ccccc2-c2ccccc21. The van der Waals surface area contributed by atoms with E-state index in [1.165, 1.54) is 22.3 Å². The number of alkyl carbamates (subject to hydrolysis) is 1. The predicted molar refractivity (Wildman–Crippen MR) is 98.4 cm³/mol. The van der Waals surface area contributed by atoms with Gasteiger partial charge in [0.05, 0.1) is 6.04 Å². The number of carbonyl (C=O) groups excluding carboxylic acids is 1. The lowest BCUT2D eigenvalue weighted by atomic mass is 10.1. The van der Waals surface area contributed by atoms with Gasteiger partial charge in [-0.05, 0) is 49.4 Å². The van der Waals surface area contributed by atoms with E-state index in [1.807, 2.05) is 20.8 Å². The summed E-state index contributed by atoms with van der Waals surface area (Å²) in [5, 5.41) is 6.67. The second kappa shape index (κ2) is 5.88. The maximum absolute atomic E-state index is 11.9. The van der Waals surface area contributed by atoms with Crippen molar-refractivity contribution in [2.24, 2.45) is 0 Å². The number of ether oxygens (including phenoxy) is 1. The van der Waals surface area contributed by atoms with Crippen molar-refractivity contribution in [2.75, 3.05) is 0 Å². The molecule has 0 aliphatic heterocycles. The van der Waals surface area contributed by atoms with Crippen LogP contribution >= 0.6 is 0 Å². The van der Waals surface area contributed by atoms with Crippen LogP contribution in [-0.4, -0.2) is 23.8 Å². The van der Waals surface area contributed by atoms with E-state index in [1.54, 1.807) is 0 Å². The molecule has 0 bridgehead atoms. The second-order valence-corrected chi connectivity index (χ2v) is 7.87. The van der Waals surface area contributed by atoms with Gasteiger partial charge in [0.2, 0.25) is 0 Å². The average molecular weight is 336 g/mol. The van der Waals surface area contributed by atoms with Gasteiger partial charge in [-0.2, -0.15) is 0 Å². The summed E-state index contributed by atoms with van der Waals surface area (Å²) in [4.78, 5) is 11.9. The first-order chi connectivity index (χ1) is 11.9. The fraction of sp³-hybridized carbons (Fsp3) is 0.381. The third kappa shape index (κ3) is 3.27. The van der Waals surface area contributed by atoms with Gasteiger partial charge in [-0.25, -0.2) is 4.79 Å². The number of nitrogens with one attached hydrogen (secondary N) is 2. The van der Waals surface area contributed by atoms with Gasteiger partial charge in [-0.3, -0.25) is 0 Å². The second-order valence-electron chi connectivity index (χ2n) is 7.87. The molecule has 2 aliphatic rings. The molecule has 2 aromatic carbocycles. The van der Waals surface area contributed by atoms with Crippen LogP contribution in [0.1, 0.15) is 44.4 Å². The van der Waals surface area contributed by atoms with E-state index in [9.17, 15) is 4.79 Å². The molecule has 0 spiro atoms. The molecule has 4 rings (SSSR count). The minimum Gasteiger partial charge on any atom is -0.444 e. The van der Waals surface area contributed by atoms with Crippen LogP contribution in [0.15, 0.2) is 48.5 Å². The van der Waals surface area contributed by atoms with E-state index in [4.69, 9.17) is 4.74 Å². The van der Waals surface area contributed by atoms with Crippen LogP contribution in [0, 0.1) is 0 Å². The van der Waals surface area contributed by atoms with Crippen molar-refractivity contribution < 1.29 is 9.53 Å². The highest BCUT2D eigenvalue weighted by Gasteiger charge is 2.42. The first-order valence-electron chi connectivity index (χ1n) is 8.86. The molecule has 1 saturated carbocycles. The minimum atomic E-state index is -0.467. The zero-order valence-electron chi connectivity index (χ0n) is 14.9. The molecule has 4 heteroatoms. The van der Waals surface area contributed by atoms with Gasteiger partial charge >= 0.3 is 6.09 Å². The molecule has 2 aliphatic carbocycles. The Morgan fingerprint density at radius 2 is 1.52 bits per heavy atom. The molecule has 2 atom stereocenters. The normalized spacial score (nSPS) is 21.4. The van der Waals surface area contributed by atoms with E-state index in [2.05, 4.69) is 59.2 Å². The summed E-state index contributed by atoms with van der Waals surface area (Å²) in [5.41, 5.74) is 4.75. The molecule has 1 amide bonds. The van der Waals surface area contributed by atoms with Crippen LogP contribution < -0.4 is 10.6 Å². The van der Waals surface area contributed by atoms with Gasteiger partial charge in [-0.1, -0.05) is 48.5 Å². The van der Waals surface area contributed by atoms with E-state index >= 15 is 0 Å². The van der Waals surface area contributed by atoms with E-state index in [0.717, 1.165) is 6.42 Å². The number of rotatable bonds is 3. The van der Waals surface area contributed by atoms with Gasteiger partial charge in [0.15, 0.2) is 0 Å². The third-order valence-corrected chi connectivity index (χ3v) is 4.71. The zero-order valence-corrected chi connectivity index (χ0v) is 14.9. The van der Waals surface area contributed by atoms with Gasteiger partial charge in [0, 0.05) is 12.1 Å². The van der Waals surface area contributed by atoms with Crippen molar-refractivity contribution >= 4 is 6.09 Å². The van der Waals surface area contributed by atoms with Crippen LogP contribution in [-0.2, 0) is 4.74 Å². The van der Waals surface area contributed by atoms with E-state index in [0.29, 0.717) is 0 Å².